The second kappa shape index (κ2) is 7.93. The molecule has 0 unspecified atom stereocenters. The van der Waals surface area contributed by atoms with Gasteiger partial charge in [0.2, 0.25) is 0 Å². The third-order valence-electron chi connectivity index (χ3n) is 4.73. The van der Waals surface area contributed by atoms with E-state index in [1.807, 2.05) is 93.3 Å². The molecule has 0 N–H and O–H groups in total. The summed E-state index contributed by atoms with van der Waals surface area (Å²) in [6, 6.07) is 9.95. The minimum Gasteiger partial charge on any atom is -0.465 e. The molecule has 0 aliphatic carbocycles. The summed E-state index contributed by atoms with van der Waals surface area (Å²) < 4.78 is 11.7. The number of fused-ring (bicyclic) bond motifs is 1. The molecule has 3 rings (SSSR count). The Bertz CT molecular complexity index is 770. The SMILES string of the molecule is CCOC(=O)[C@H]1C2=NN(c3ccccc3)CC2=CN(C)N(C)[C@@H]1OC(C)(C)C. The van der Waals surface area contributed by atoms with Crippen LogP contribution in [0.5, 0.6) is 0 Å². The van der Waals surface area contributed by atoms with Crippen molar-refractivity contribution in [2.75, 3.05) is 32.3 Å². The molecule has 0 saturated carbocycles. The Morgan fingerprint density at radius 2 is 1.89 bits per heavy atom. The first-order chi connectivity index (χ1) is 13.2. The molecule has 1 aromatic carbocycles. The van der Waals surface area contributed by atoms with Crippen molar-refractivity contribution in [1.82, 2.24) is 10.0 Å². The number of benzene rings is 1. The summed E-state index contributed by atoms with van der Waals surface area (Å²) in [6.07, 6.45) is 1.48. The number of ether oxygens (including phenoxy) is 2. The van der Waals surface area contributed by atoms with Crippen molar-refractivity contribution in [3.63, 3.8) is 0 Å². The van der Waals surface area contributed by atoms with E-state index < -0.39 is 17.7 Å². The predicted molar refractivity (Wildman–Crippen MR) is 110 cm³/mol. The van der Waals surface area contributed by atoms with Gasteiger partial charge in [0.25, 0.3) is 0 Å². The highest BCUT2D eigenvalue weighted by Crippen LogP contribution is 2.33. The molecule has 152 valence electrons. The molecule has 0 radical (unpaired) electrons. The highest BCUT2D eigenvalue weighted by atomic mass is 16.5. The van der Waals surface area contributed by atoms with Crippen molar-refractivity contribution in [2.24, 2.45) is 11.0 Å². The quantitative estimate of drug-likeness (QED) is 0.742. The number of rotatable bonds is 4. The summed E-state index contributed by atoms with van der Waals surface area (Å²) in [5.74, 6) is -0.965. The lowest BCUT2D eigenvalue weighted by molar-refractivity contribution is -0.196. The number of nitrogens with zero attached hydrogens (tertiary/aromatic N) is 4. The molecule has 0 fully saturated rings. The van der Waals surface area contributed by atoms with Crippen molar-refractivity contribution in [3.05, 3.63) is 42.1 Å². The molecule has 0 spiro atoms. The average Bonchev–Trinajstić information content (AvgIpc) is 3.00. The highest BCUT2D eigenvalue weighted by molar-refractivity contribution is 6.14. The number of hydrogen-bond acceptors (Lipinski definition) is 7. The van der Waals surface area contributed by atoms with Gasteiger partial charge in [-0.1, -0.05) is 18.2 Å². The Labute approximate surface area is 167 Å². The van der Waals surface area contributed by atoms with Gasteiger partial charge in [-0.25, -0.2) is 0 Å². The maximum Gasteiger partial charge on any atom is 0.319 e. The van der Waals surface area contributed by atoms with Crippen LogP contribution in [0.2, 0.25) is 0 Å². The van der Waals surface area contributed by atoms with Crippen molar-refractivity contribution < 1.29 is 14.3 Å². The summed E-state index contributed by atoms with van der Waals surface area (Å²) in [4.78, 5) is 13.0. The molecule has 2 heterocycles. The average molecular weight is 386 g/mol. The van der Waals surface area contributed by atoms with Gasteiger partial charge in [-0.3, -0.25) is 9.80 Å². The second-order valence-electron chi connectivity index (χ2n) is 8.03. The predicted octanol–water partition coefficient (Wildman–Crippen LogP) is 2.86. The Balaban J connectivity index is 2.05. The molecule has 1 aromatic rings. The molecular formula is C21H30N4O3. The summed E-state index contributed by atoms with van der Waals surface area (Å²) in [5.41, 5.74) is 2.23. The fraction of sp³-hybridized carbons (Fsp3) is 0.524. The van der Waals surface area contributed by atoms with E-state index in [9.17, 15) is 4.79 Å². The Hall–Kier alpha value is -2.38. The number of anilines is 1. The molecule has 2 atom stereocenters. The summed E-state index contributed by atoms with van der Waals surface area (Å²) in [7, 11) is 3.86. The summed E-state index contributed by atoms with van der Waals surface area (Å²) >= 11 is 0. The van der Waals surface area contributed by atoms with Crippen molar-refractivity contribution in [1.29, 1.82) is 0 Å². The van der Waals surface area contributed by atoms with Crippen LogP contribution in [0.1, 0.15) is 27.7 Å². The number of hydrazine groups is 1. The fourth-order valence-electron chi connectivity index (χ4n) is 3.40. The first-order valence-electron chi connectivity index (χ1n) is 9.63. The minimum absolute atomic E-state index is 0.311. The zero-order chi connectivity index (χ0) is 20.5. The van der Waals surface area contributed by atoms with Gasteiger partial charge in [-0.15, -0.1) is 0 Å². The topological polar surface area (TPSA) is 57.6 Å². The molecule has 7 nitrogen and oxygen atoms in total. The van der Waals surface area contributed by atoms with E-state index in [0.29, 0.717) is 18.9 Å². The molecular weight excluding hydrogens is 356 g/mol. The zero-order valence-electron chi connectivity index (χ0n) is 17.5. The van der Waals surface area contributed by atoms with E-state index in [1.54, 1.807) is 0 Å². The van der Waals surface area contributed by atoms with E-state index in [1.165, 1.54) is 0 Å². The zero-order valence-corrected chi connectivity index (χ0v) is 17.5. The number of carbonyl (C=O) groups is 1. The van der Waals surface area contributed by atoms with Crippen LogP contribution in [0.25, 0.3) is 0 Å². The number of hydrogen-bond donors (Lipinski definition) is 0. The van der Waals surface area contributed by atoms with Crippen LogP contribution in [-0.2, 0) is 14.3 Å². The van der Waals surface area contributed by atoms with Crippen LogP contribution in [0.3, 0.4) is 0 Å². The van der Waals surface area contributed by atoms with Gasteiger partial charge in [0, 0.05) is 25.9 Å². The van der Waals surface area contributed by atoms with Crippen molar-refractivity contribution >= 4 is 17.4 Å². The van der Waals surface area contributed by atoms with Gasteiger partial charge in [0.05, 0.1) is 30.2 Å². The van der Waals surface area contributed by atoms with E-state index >= 15 is 0 Å². The van der Waals surface area contributed by atoms with Gasteiger partial charge in [-0.05, 0) is 39.8 Å². The molecule has 28 heavy (non-hydrogen) atoms. The van der Waals surface area contributed by atoms with E-state index in [2.05, 4.69) is 0 Å². The Morgan fingerprint density at radius 3 is 2.50 bits per heavy atom. The Kier molecular flexibility index (Phi) is 5.76. The molecule has 2 aliphatic heterocycles. The molecule has 7 heteroatoms. The van der Waals surface area contributed by atoms with Crippen molar-refractivity contribution in [3.8, 4) is 0 Å². The standard InChI is InChI=1S/C21H30N4O3/c1-7-27-20(26)17-18-15(14-25(22-18)16-11-9-8-10-12-16)13-23(5)24(6)19(17)28-21(2,3)4/h8-13,17,19H,7,14H2,1-6H3/t17-,19+/m0/s1. The first-order valence-corrected chi connectivity index (χ1v) is 9.63. The fourth-order valence-corrected chi connectivity index (χ4v) is 3.40. The number of esters is 1. The Morgan fingerprint density at radius 1 is 1.21 bits per heavy atom. The number of carbonyl (C=O) groups excluding carboxylic acids is 1. The smallest absolute Gasteiger partial charge is 0.319 e. The second-order valence-corrected chi connectivity index (χ2v) is 8.03. The van der Waals surface area contributed by atoms with Crippen LogP contribution in [0.4, 0.5) is 5.69 Å². The minimum atomic E-state index is -0.644. The van der Waals surface area contributed by atoms with Crippen LogP contribution in [-0.4, -0.2) is 60.8 Å². The third kappa shape index (κ3) is 4.20. The summed E-state index contributed by atoms with van der Waals surface area (Å²) in [5, 5.41) is 10.6. The third-order valence-corrected chi connectivity index (χ3v) is 4.73. The normalized spacial score (nSPS) is 23.1. The highest BCUT2D eigenvalue weighted by Gasteiger charge is 2.46. The lowest BCUT2D eigenvalue weighted by Crippen LogP contribution is -2.52. The number of para-hydroxylation sites is 1. The maximum atomic E-state index is 13.0. The lowest BCUT2D eigenvalue weighted by Gasteiger charge is -2.39. The van der Waals surface area contributed by atoms with Gasteiger partial charge < -0.3 is 14.5 Å². The maximum absolute atomic E-state index is 13.0. The van der Waals surface area contributed by atoms with E-state index in [-0.39, 0.29) is 5.97 Å². The van der Waals surface area contributed by atoms with Crippen LogP contribution >= 0.6 is 0 Å². The van der Waals surface area contributed by atoms with Crippen LogP contribution < -0.4 is 5.01 Å². The van der Waals surface area contributed by atoms with Crippen LogP contribution in [0, 0.1) is 5.92 Å². The van der Waals surface area contributed by atoms with Crippen molar-refractivity contribution in [2.45, 2.75) is 39.5 Å². The lowest BCUT2D eigenvalue weighted by atomic mass is 9.95. The molecule has 2 aliphatic rings. The van der Waals surface area contributed by atoms with E-state index in [0.717, 1.165) is 11.3 Å². The largest absolute Gasteiger partial charge is 0.465 e. The monoisotopic (exact) mass is 386 g/mol. The van der Waals surface area contributed by atoms with E-state index in [4.69, 9.17) is 14.6 Å². The number of hydrazone groups is 1. The van der Waals surface area contributed by atoms with Gasteiger partial charge in [0.1, 0.15) is 12.1 Å². The van der Waals surface area contributed by atoms with Gasteiger partial charge in [0.15, 0.2) is 0 Å². The molecule has 0 amide bonds. The van der Waals surface area contributed by atoms with Crippen LogP contribution in [0.15, 0.2) is 47.2 Å². The first kappa shape index (κ1) is 20.4. The molecule has 0 bridgehead atoms. The molecule has 0 saturated heterocycles. The van der Waals surface area contributed by atoms with Gasteiger partial charge >= 0.3 is 5.97 Å². The molecule has 0 aromatic heterocycles. The summed E-state index contributed by atoms with van der Waals surface area (Å²) in [6.45, 7) is 8.66. The van der Waals surface area contributed by atoms with Gasteiger partial charge in [-0.2, -0.15) is 10.1 Å².